The lowest BCUT2D eigenvalue weighted by Gasteiger charge is -2.12. The highest BCUT2D eigenvalue weighted by atomic mass is 79.9. The molecule has 130 valence electrons. The minimum Gasteiger partial charge on any atom is -0.493 e. The van der Waals surface area contributed by atoms with Crippen molar-refractivity contribution in [1.82, 2.24) is 5.43 Å². The quantitative estimate of drug-likeness (QED) is 0.567. The number of benzene rings is 2. The number of hydrogen-bond donors (Lipinski definition) is 2. The summed E-state index contributed by atoms with van der Waals surface area (Å²) in [5.74, 6) is -1.24. The second-order valence-corrected chi connectivity index (χ2v) is 5.69. The topological polar surface area (TPSA) is 97.2 Å². The first-order chi connectivity index (χ1) is 12.0. The minimum absolute atomic E-state index is 0.0817. The van der Waals surface area contributed by atoms with Gasteiger partial charge in [-0.25, -0.2) is 10.2 Å². The van der Waals surface area contributed by atoms with Gasteiger partial charge in [0.1, 0.15) is 5.56 Å². The lowest BCUT2D eigenvalue weighted by molar-refractivity contribution is 0.0692. The minimum atomic E-state index is -1.20. The molecule has 0 aliphatic heterocycles. The first-order valence-corrected chi connectivity index (χ1v) is 7.84. The molecule has 0 saturated carbocycles. The van der Waals surface area contributed by atoms with Crippen LogP contribution < -0.4 is 14.9 Å². The van der Waals surface area contributed by atoms with Crippen LogP contribution in [-0.2, 0) is 0 Å². The van der Waals surface area contributed by atoms with Crippen LogP contribution >= 0.6 is 15.9 Å². The van der Waals surface area contributed by atoms with Crippen molar-refractivity contribution >= 4 is 34.0 Å². The van der Waals surface area contributed by atoms with E-state index in [-0.39, 0.29) is 22.6 Å². The molecule has 0 bridgehead atoms. The fourth-order valence-corrected chi connectivity index (χ4v) is 2.36. The monoisotopic (exact) mass is 406 g/mol. The highest BCUT2D eigenvalue weighted by Crippen LogP contribution is 2.32. The molecule has 0 fully saturated rings. The summed E-state index contributed by atoms with van der Waals surface area (Å²) in [6, 6.07) is 9.80. The first-order valence-electron chi connectivity index (χ1n) is 7.05. The maximum atomic E-state index is 12.0. The summed E-state index contributed by atoms with van der Waals surface area (Å²) in [5, 5.41) is 13.2. The van der Waals surface area contributed by atoms with Gasteiger partial charge in [-0.2, -0.15) is 5.10 Å². The van der Waals surface area contributed by atoms with Crippen molar-refractivity contribution in [3.63, 3.8) is 0 Å². The summed E-state index contributed by atoms with van der Waals surface area (Å²) in [4.78, 5) is 23.5. The Kier molecular flexibility index (Phi) is 6.13. The normalized spacial score (nSPS) is 10.5. The number of nitrogens with zero attached hydrogens (tertiary/aromatic N) is 1. The van der Waals surface area contributed by atoms with Gasteiger partial charge in [-0.1, -0.05) is 15.9 Å². The summed E-state index contributed by atoms with van der Waals surface area (Å²) >= 11 is 3.29. The summed E-state index contributed by atoms with van der Waals surface area (Å²) in [7, 11) is 2.76. The molecule has 2 aromatic rings. The molecular weight excluding hydrogens is 392 g/mol. The maximum Gasteiger partial charge on any atom is 0.340 e. The van der Waals surface area contributed by atoms with E-state index in [0.29, 0.717) is 5.56 Å². The number of carbonyl (C=O) groups is 2. The van der Waals surface area contributed by atoms with Crippen molar-refractivity contribution in [2.75, 3.05) is 14.2 Å². The van der Waals surface area contributed by atoms with Gasteiger partial charge in [0.05, 0.1) is 20.4 Å². The molecular formula is C17H15BrN2O5. The Balaban J connectivity index is 2.24. The van der Waals surface area contributed by atoms with Gasteiger partial charge < -0.3 is 14.6 Å². The number of carboxylic acid groups (broad SMARTS) is 1. The second-order valence-electron chi connectivity index (χ2n) is 4.78. The van der Waals surface area contributed by atoms with E-state index >= 15 is 0 Å². The fourth-order valence-electron chi connectivity index (χ4n) is 2.10. The number of methoxy groups -OCH3 is 2. The highest BCUT2D eigenvalue weighted by molar-refractivity contribution is 9.10. The van der Waals surface area contributed by atoms with Gasteiger partial charge in [0, 0.05) is 15.6 Å². The third kappa shape index (κ3) is 4.36. The molecule has 0 saturated heterocycles. The number of ether oxygens (including phenoxy) is 2. The van der Waals surface area contributed by atoms with Crippen LogP contribution in [0.4, 0.5) is 0 Å². The van der Waals surface area contributed by atoms with E-state index in [2.05, 4.69) is 26.5 Å². The van der Waals surface area contributed by atoms with Gasteiger partial charge in [-0.05, 0) is 36.4 Å². The van der Waals surface area contributed by atoms with Crippen molar-refractivity contribution in [1.29, 1.82) is 0 Å². The molecule has 0 unspecified atom stereocenters. The number of aromatic carboxylic acids is 1. The number of amides is 1. The lowest BCUT2D eigenvalue weighted by atomic mass is 10.1. The van der Waals surface area contributed by atoms with Crippen LogP contribution in [0, 0.1) is 0 Å². The van der Waals surface area contributed by atoms with E-state index < -0.39 is 11.9 Å². The molecule has 2 aromatic carbocycles. The Morgan fingerprint density at radius 3 is 2.36 bits per heavy atom. The number of carboxylic acids is 1. The fraction of sp³-hybridized carbons (Fsp3) is 0.118. The Labute approximate surface area is 152 Å². The average Bonchev–Trinajstić information content (AvgIpc) is 2.61. The molecule has 1 amide bonds. The number of rotatable bonds is 6. The van der Waals surface area contributed by atoms with Crippen LogP contribution in [0.1, 0.15) is 26.3 Å². The van der Waals surface area contributed by atoms with Gasteiger partial charge in [0.15, 0.2) is 11.5 Å². The molecule has 25 heavy (non-hydrogen) atoms. The van der Waals surface area contributed by atoms with Gasteiger partial charge in [-0.3, -0.25) is 4.79 Å². The smallest absolute Gasteiger partial charge is 0.340 e. The Bertz CT molecular complexity index is 819. The van der Waals surface area contributed by atoms with Crippen LogP contribution in [-0.4, -0.2) is 37.4 Å². The standard InChI is InChI=1S/C17H15BrN2O5/c1-24-13-8-5-11(14(17(22)23)15(13)25-2)9-19-20-16(21)10-3-6-12(18)7-4-10/h3-9H,1-2H3,(H,20,21)(H,22,23)/b19-9+. The van der Waals surface area contributed by atoms with Crippen LogP contribution in [0.15, 0.2) is 46.0 Å². The van der Waals surface area contributed by atoms with E-state index in [1.807, 2.05) is 0 Å². The third-order valence-corrected chi connectivity index (χ3v) is 3.80. The maximum absolute atomic E-state index is 12.0. The zero-order chi connectivity index (χ0) is 18.4. The van der Waals surface area contributed by atoms with Gasteiger partial charge in [-0.15, -0.1) is 0 Å². The molecule has 0 aliphatic rings. The number of hydrogen-bond acceptors (Lipinski definition) is 5. The number of hydrazone groups is 1. The van der Waals surface area contributed by atoms with Gasteiger partial charge >= 0.3 is 5.97 Å². The van der Waals surface area contributed by atoms with Crippen LogP contribution in [0.5, 0.6) is 11.5 Å². The zero-order valence-corrected chi connectivity index (χ0v) is 15.0. The third-order valence-electron chi connectivity index (χ3n) is 3.27. The molecule has 0 spiro atoms. The Hall–Kier alpha value is -2.87. The first kappa shape index (κ1) is 18.5. The number of carbonyl (C=O) groups excluding carboxylic acids is 1. The van der Waals surface area contributed by atoms with Crippen LogP contribution in [0.2, 0.25) is 0 Å². The molecule has 2 rings (SSSR count). The SMILES string of the molecule is COc1ccc(/C=N/NC(=O)c2ccc(Br)cc2)c(C(=O)O)c1OC. The van der Waals surface area contributed by atoms with Crippen molar-refractivity contribution in [2.24, 2.45) is 5.10 Å². The van der Waals surface area contributed by atoms with E-state index in [1.54, 1.807) is 30.3 Å². The second kappa shape index (κ2) is 8.29. The molecule has 0 atom stereocenters. The molecule has 7 nitrogen and oxygen atoms in total. The largest absolute Gasteiger partial charge is 0.493 e. The van der Waals surface area contributed by atoms with Crippen LogP contribution in [0.3, 0.4) is 0 Å². The highest BCUT2D eigenvalue weighted by Gasteiger charge is 2.20. The average molecular weight is 407 g/mol. The zero-order valence-electron chi connectivity index (χ0n) is 13.4. The van der Waals surface area contributed by atoms with E-state index in [9.17, 15) is 14.7 Å². The van der Waals surface area contributed by atoms with Crippen LogP contribution in [0.25, 0.3) is 0 Å². The van der Waals surface area contributed by atoms with Crippen molar-refractivity contribution in [2.45, 2.75) is 0 Å². The molecule has 8 heteroatoms. The summed E-state index contributed by atoms with van der Waals surface area (Å²) in [6.45, 7) is 0. The predicted molar refractivity (Wildman–Crippen MR) is 95.7 cm³/mol. The molecule has 0 aromatic heterocycles. The summed E-state index contributed by atoms with van der Waals surface area (Å²) in [5.41, 5.74) is 2.93. The summed E-state index contributed by atoms with van der Waals surface area (Å²) < 4.78 is 11.1. The van der Waals surface area contributed by atoms with Crippen molar-refractivity contribution in [3.8, 4) is 11.5 Å². The number of nitrogens with one attached hydrogen (secondary N) is 1. The number of halogens is 1. The lowest BCUT2D eigenvalue weighted by Crippen LogP contribution is -2.17. The Morgan fingerprint density at radius 1 is 1.12 bits per heavy atom. The van der Waals surface area contributed by atoms with Gasteiger partial charge in [0.25, 0.3) is 5.91 Å². The van der Waals surface area contributed by atoms with Crippen molar-refractivity contribution in [3.05, 3.63) is 57.6 Å². The molecule has 0 radical (unpaired) electrons. The van der Waals surface area contributed by atoms with Gasteiger partial charge in [0.2, 0.25) is 0 Å². The van der Waals surface area contributed by atoms with E-state index in [4.69, 9.17) is 9.47 Å². The Morgan fingerprint density at radius 2 is 1.80 bits per heavy atom. The summed E-state index contributed by atoms with van der Waals surface area (Å²) in [6.07, 6.45) is 1.24. The van der Waals surface area contributed by atoms with E-state index in [1.165, 1.54) is 26.5 Å². The molecule has 0 heterocycles. The molecule has 2 N–H and O–H groups in total. The molecule has 0 aliphatic carbocycles. The predicted octanol–water partition coefficient (Wildman–Crippen LogP) is 2.93. The van der Waals surface area contributed by atoms with Crippen molar-refractivity contribution < 1.29 is 24.2 Å². The van der Waals surface area contributed by atoms with E-state index in [0.717, 1.165) is 4.47 Å².